The highest BCUT2D eigenvalue weighted by molar-refractivity contribution is 5.92. The van der Waals surface area contributed by atoms with Crippen molar-refractivity contribution in [3.8, 4) is 0 Å². The van der Waals surface area contributed by atoms with E-state index in [9.17, 15) is 14.4 Å². The molecule has 164 valence electrons. The predicted octanol–water partition coefficient (Wildman–Crippen LogP) is 3.23. The first-order valence-electron chi connectivity index (χ1n) is 10.9. The molecule has 1 atom stereocenters. The molecule has 30 heavy (non-hydrogen) atoms. The zero-order chi connectivity index (χ0) is 21.5. The van der Waals surface area contributed by atoms with E-state index in [0.717, 1.165) is 19.4 Å². The second kappa shape index (κ2) is 10.3. The highest BCUT2D eigenvalue weighted by Gasteiger charge is 2.30. The first kappa shape index (κ1) is 21.9. The van der Waals surface area contributed by atoms with Crippen LogP contribution in [0.2, 0.25) is 0 Å². The average molecular weight is 416 g/mol. The van der Waals surface area contributed by atoms with E-state index in [1.165, 1.54) is 12.8 Å². The summed E-state index contributed by atoms with van der Waals surface area (Å²) in [6.07, 6.45) is 4.05. The quantitative estimate of drug-likeness (QED) is 0.550. The molecule has 5 amide bonds. The Morgan fingerprint density at radius 2 is 1.67 bits per heavy atom. The molecular weight excluding hydrogens is 382 g/mol. The van der Waals surface area contributed by atoms with Crippen LogP contribution in [0.4, 0.5) is 21.0 Å². The van der Waals surface area contributed by atoms with Gasteiger partial charge in [0.05, 0.1) is 5.92 Å². The Bertz CT molecular complexity index is 746. The SMILES string of the molecule is CC(C)CNC(=O)Nc1ccc(NC(=O)N2CCCC(C(=O)NCC3CC3)C2)cc1. The number of piperidine rings is 1. The maximum absolute atomic E-state index is 12.6. The monoisotopic (exact) mass is 415 g/mol. The van der Waals surface area contributed by atoms with Gasteiger partial charge in [0.1, 0.15) is 0 Å². The van der Waals surface area contributed by atoms with Crippen LogP contribution in [-0.4, -0.2) is 49.0 Å². The van der Waals surface area contributed by atoms with E-state index in [2.05, 4.69) is 21.3 Å². The summed E-state index contributed by atoms with van der Waals surface area (Å²) >= 11 is 0. The molecule has 0 aromatic heterocycles. The summed E-state index contributed by atoms with van der Waals surface area (Å²) in [5.74, 6) is 0.951. The van der Waals surface area contributed by atoms with Gasteiger partial charge in [-0.1, -0.05) is 13.8 Å². The number of likely N-dealkylation sites (tertiary alicyclic amines) is 1. The van der Waals surface area contributed by atoms with Gasteiger partial charge in [-0.25, -0.2) is 9.59 Å². The van der Waals surface area contributed by atoms with Crippen LogP contribution in [0.5, 0.6) is 0 Å². The van der Waals surface area contributed by atoms with Gasteiger partial charge in [0.25, 0.3) is 0 Å². The van der Waals surface area contributed by atoms with E-state index in [4.69, 9.17) is 0 Å². The highest BCUT2D eigenvalue weighted by atomic mass is 16.2. The van der Waals surface area contributed by atoms with Gasteiger partial charge in [-0.2, -0.15) is 0 Å². The van der Waals surface area contributed by atoms with Gasteiger partial charge in [0, 0.05) is 37.6 Å². The molecule has 4 N–H and O–H groups in total. The molecule has 8 heteroatoms. The van der Waals surface area contributed by atoms with Gasteiger partial charge >= 0.3 is 12.1 Å². The van der Waals surface area contributed by atoms with Crippen molar-refractivity contribution in [2.75, 3.05) is 36.8 Å². The number of anilines is 2. The Morgan fingerprint density at radius 3 is 2.30 bits per heavy atom. The number of nitrogens with zero attached hydrogens (tertiary/aromatic N) is 1. The van der Waals surface area contributed by atoms with Gasteiger partial charge in [-0.15, -0.1) is 0 Å². The third kappa shape index (κ3) is 6.93. The van der Waals surface area contributed by atoms with Crippen LogP contribution in [0.15, 0.2) is 24.3 Å². The number of nitrogens with one attached hydrogen (secondary N) is 4. The fourth-order valence-corrected chi connectivity index (χ4v) is 3.40. The number of benzene rings is 1. The van der Waals surface area contributed by atoms with Crippen molar-refractivity contribution in [3.63, 3.8) is 0 Å². The smallest absolute Gasteiger partial charge is 0.321 e. The molecule has 2 fully saturated rings. The predicted molar refractivity (Wildman–Crippen MR) is 117 cm³/mol. The number of carbonyl (C=O) groups is 3. The number of amides is 5. The number of urea groups is 2. The zero-order valence-electron chi connectivity index (χ0n) is 17.9. The number of rotatable bonds is 7. The van der Waals surface area contributed by atoms with Gasteiger partial charge in [-0.3, -0.25) is 4.79 Å². The summed E-state index contributed by atoms with van der Waals surface area (Å²) < 4.78 is 0. The van der Waals surface area contributed by atoms with Crippen molar-refractivity contribution in [2.45, 2.75) is 39.5 Å². The molecule has 1 unspecified atom stereocenters. The van der Waals surface area contributed by atoms with Crippen LogP contribution in [-0.2, 0) is 4.79 Å². The topological polar surface area (TPSA) is 103 Å². The minimum atomic E-state index is -0.250. The molecule has 1 heterocycles. The van der Waals surface area contributed by atoms with E-state index >= 15 is 0 Å². The van der Waals surface area contributed by atoms with Crippen molar-refractivity contribution in [3.05, 3.63) is 24.3 Å². The van der Waals surface area contributed by atoms with Crippen LogP contribution in [0.3, 0.4) is 0 Å². The average Bonchev–Trinajstić information content (AvgIpc) is 3.56. The van der Waals surface area contributed by atoms with Crippen LogP contribution < -0.4 is 21.3 Å². The van der Waals surface area contributed by atoms with E-state index < -0.39 is 0 Å². The standard InChI is InChI=1S/C22H33N5O3/c1-15(2)12-24-21(29)25-18-7-9-19(10-8-18)26-22(30)27-11-3-4-17(14-27)20(28)23-13-16-5-6-16/h7-10,15-17H,3-6,11-14H2,1-2H3,(H,23,28)(H,26,30)(H2,24,25,29). The molecule has 3 rings (SSSR count). The molecule has 0 radical (unpaired) electrons. The Hall–Kier alpha value is -2.77. The van der Waals surface area contributed by atoms with Crippen molar-refractivity contribution in [1.82, 2.24) is 15.5 Å². The lowest BCUT2D eigenvalue weighted by molar-refractivity contribution is -0.126. The molecule has 8 nitrogen and oxygen atoms in total. The third-order valence-corrected chi connectivity index (χ3v) is 5.41. The lowest BCUT2D eigenvalue weighted by Gasteiger charge is -2.32. The summed E-state index contributed by atoms with van der Waals surface area (Å²) in [4.78, 5) is 38.5. The zero-order valence-corrected chi connectivity index (χ0v) is 17.9. The summed E-state index contributed by atoms with van der Waals surface area (Å²) in [5, 5.41) is 11.5. The van der Waals surface area contributed by atoms with Crippen LogP contribution in [0, 0.1) is 17.8 Å². The van der Waals surface area contributed by atoms with Gasteiger partial charge in [-0.05, 0) is 61.8 Å². The highest BCUT2D eigenvalue weighted by Crippen LogP contribution is 2.28. The largest absolute Gasteiger partial charge is 0.356 e. The molecule has 1 saturated carbocycles. The summed E-state index contributed by atoms with van der Waals surface area (Å²) in [5.41, 5.74) is 1.30. The molecule has 1 aromatic rings. The summed E-state index contributed by atoms with van der Waals surface area (Å²) in [6.45, 7) is 6.52. The molecule has 2 aliphatic rings. The Morgan fingerprint density at radius 1 is 1.00 bits per heavy atom. The number of hydrogen-bond acceptors (Lipinski definition) is 3. The second-order valence-corrected chi connectivity index (χ2v) is 8.71. The van der Waals surface area contributed by atoms with E-state index in [1.54, 1.807) is 29.2 Å². The van der Waals surface area contributed by atoms with Crippen LogP contribution in [0.25, 0.3) is 0 Å². The number of carbonyl (C=O) groups excluding carboxylic acids is 3. The minimum Gasteiger partial charge on any atom is -0.356 e. The fourth-order valence-electron chi connectivity index (χ4n) is 3.40. The first-order chi connectivity index (χ1) is 14.4. The van der Waals surface area contributed by atoms with Gasteiger partial charge in [0.2, 0.25) is 5.91 Å². The van der Waals surface area contributed by atoms with Crippen molar-refractivity contribution >= 4 is 29.3 Å². The van der Waals surface area contributed by atoms with E-state index in [-0.39, 0.29) is 23.9 Å². The van der Waals surface area contributed by atoms with Gasteiger partial charge in [0.15, 0.2) is 0 Å². The molecule has 1 saturated heterocycles. The van der Waals surface area contributed by atoms with Crippen molar-refractivity contribution in [2.24, 2.45) is 17.8 Å². The molecular formula is C22H33N5O3. The third-order valence-electron chi connectivity index (χ3n) is 5.41. The van der Waals surface area contributed by atoms with Crippen LogP contribution in [0.1, 0.15) is 39.5 Å². The molecule has 0 spiro atoms. The lowest BCUT2D eigenvalue weighted by Crippen LogP contribution is -2.47. The molecule has 0 bridgehead atoms. The maximum atomic E-state index is 12.6. The van der Waals surface area contributed by atoms with Crippen molar-refractivity contribution in [1.29, 1.82) is 0 Å². The Labute approximate surface area is 178 Å². The first-order valence-corrected chi connectivity index (χ1v) is 10.9. The molecule has 1 aliphatic carbocycles. The van der Waals surface area contributed by atoms with Gasteiger partial charge < -0.3 is 26.2 Å². The maximum Gasteiger partial charge on any atom is 0.321 e. The normalized spacial score (nSPS) is 18.6. The minimum absolute atomic E-state index is 0.0607. The molecule has 1 aliphatic heterocycles. The number of hydrogen-bond donors (Lipinski definition) is 4. The Balaban J connectivity index is 1.45. The van der Waals surface area contributed by atoms with Crippen molar-refractivity contribution < 1.29 is 14.4 Å². The van der Waals surface area contributed by atoms with Crippen LogP contribution >= 0.6 is 0 Å². The molecule has 1 aromatic carbocycles. The lowest BCUT2D eigenvalue weighted by atomic mass is 9.97. The second-order valence-electron chi connectivity index (χ2n) is 8.71. The fraction of sp³-hybridized carbons (Fsp3) is 0.591. The van der Waals surface area contributed by atoms with E-state index in [0.29, 0.717) is 42.8 Å². The summed E-state index contributed by atoms with van der Waals surface area (Å²) in [6, 6.07) is 6.54. The van der Waals surface area contributed by atoms with E-state index in [1.807, 2.05) is 13.8 Å². The Kier molecular flexibility index (Phi) is 7.54. The summed E-state index contributed by atoms with van der Waals surface area (Å²) in [7, 11) is 0.